The molecule has 16 heavy (non-hydrogen) atoms. The number of nitrogens with one attached hydrogen (secondary N) is 1. The first kappa shape index (κ1) is 11.7. The smallest absolute Gasteiger partial charge is 0.120 e. The quantitative estimate of drug-likeness (QED) is 0.820. The molecule has 0 aromatic carbocycles. The Morgan fingerprint density at radius 1 is 1.31 bits per heavy atom. The van der Waals surface area contributed by atoms with Crippen LogP contribution in [-0.4, -0.2) is 6.54 Å². The van der Waals surface area contributed by atoms with Gasteiger partial charge in [-0.25, -0.2) is 0 Å². The Morgan fingerprint density at radius 2 is 2.00 bits per heavy atom. The minimum atomic E-state index is 0.324. The maximum atomic E-state index is 5.63. The Balaban J connectivity index is 1.87. The van der Waals surface area contributed by atoms with Crippen molar-refractivity contribution in [2.45, 2.75) is 46.6 Å². The maximum Gasteiger partial charge on any atom is 0.120 e. The summed E-state index contributed by atoms with van der Waals surface area (Å²) in [7, 11) is 0. The molecule has 1 aliphatic rings. The van der Waals surface area contributed by atoms with Crippen molar-refractivity contribution in [3.8, 4) is 0 Å². The van der Waals surface area contributed by atoms with Gasteiger partial charge in [-0.15, -0.1) is 0 Å². The molecule has 2 rings (SSSR count). The third-order valence-corrected chi connectivity index (χ3v) is 4.07. The van der Waals surface area contributed by atoms with Gasteiger partial charge >= 0.3 is 0 Å². The molecule has 2 heteroatoms. The van der Waals surface area contributed by atoms with E-state index in [1.54, 1.807) is 0 Å². The van der Waals surface area contributed by atoms with Crippen molar-refractivity contribution in [3.63, 3.8) is 0 Å². The van der Waals surface area contributed by atoms with Gasteiger partial charge < -0.3 is 9.73 Å². The lowest BCUT2D eigenvalue weighted by atomic mass is 9.92. The van der Waals surface area contributed by atoms with Gasteiger partial charge in [0.05, 0.1) is 6.04 Å². The van der Waals surface area contributed by atoms with E-state index < -0.39 is 0 Å². The van der Waals surface area contributed by atoms with Crippen LogP contribution in [0.3, 0.4) is 0 Å². The summed E-state index contributed by atoms with van der Waals surface area (Å²) in [5, 5.41) is 3.60. The zero-order chi connectivity index (χ0) is 11.8. The van der Waals surface area contributed by atoms with Gasteiger partial charge in [0.1, 0.15) is 11.5 Å². The second-order valence-corrected chi connectivity index (χ2v) is 5.57. The van der Waals surface area contributed by atoms with E-state index in [4.69, 9.17) is 4.42 Å². The molecule has 0 radical (unpaired) electrons. The first-order valence-corrected chi connectivity index (χ1v) is 6.33. The van der Waals surface area contributed by atoms with Crippen LogP contribution in [-0.2, 0) is 0 Å². The second kappa shape index (κ2) is 4.25. The summed E-state index contributed by atoms with van der Waals surface area (Å²) in [5.74, 6) is 2.83. The third kappa shape index (κ3) is 2.32. The number of hydrogen-bond acceptors (Lipinski definition) is 2. The van der Waals surface area contributed by atoms with Gasteiger partial charge in [0.2, 0.25) is 0 Å². The highest BCUT2D eigenvalue weighted by Crippen LogP contribution is 2.51. The zero-order valence-electron chi connectivity index (χ0n) is 10.8. The molecule has 1 aromatic heterocycles. The summed E-state index contributed by atoms with van der Waals surface area (Å²) in [6.07, 6.45) is 2.75. The fourth-order valence-corrected chi connectivity index (χ4v) is 2.26. The molecule has 0 aliphatic heterocycles. The van der Waals surface area contributed by atoms with Gasteiger partial charge in [-0.1, -0.05) is 13.8 Å². The van der Waals surface area contributed by atoms with Crippen molar-refractivity contribution in [1.82, 2.24) is 5.32 Å². The predicted molar refractivity (Wildman–Crippen MR) is 66.4 cm³/mol. The van der Waals surface area contributed by atoms with Crippen molar-refractivity contribution in [2.24, 2.45) is 11.3 Å². The first-order valence-electron chi connectivity index (χ1n) is 6.33. The molecule has 90 valence electrons. The van der Waals surface area contributed by atoms with Crippen LogP contribution in [0.15, 0.2) is 16.5 Å². The predicted octanol–water partition coefficient (Wildman–Crippen LogP) is 3.67. The lowest BCUT2D eigenvalue weighted by Gasteiger charge is -2.22. The summed E-state index contributed by atoms with van der Waals surface area (Å²) in [4.78, 5) is 0. The van der Waals surface area contributed by atoms with Crippen molar-refractivity contribution >= 4 is 0 Å². The van der Waals surface area contributed by atoms with Crippen molar-refractivity contribution in [3.05, 3.63) is 23.7 Å². The first-order chi connectivity index (χ1) is 7.53. The van der Waals surface area contributed by atoms with E-state index in [1.165, 1.54) is 12.8 Å². The van der Waals surface area contributed by atoms with Crippen LogP contribution in [0.5, 0.6) is 0 Å². The van der Waals surface area contributed by atoms with E-state index >= 15 is 0 Å². The number of hydrogen-bond donors (Lipinski definition) is 1. The lowest BCUT2D eigenvalue weighted by Crippen LogP contribution is -2.29. The van der Waals surface area contributed by atoms with Gasteiger partial charge in [0, 0.05) is 6.54 Å². The molecule has 1 aliphatic carbocycles. The molecule has 0 saturated heterocycles. The van der Waals surface area contributed by atoms with E-state index in [0.717, 1.165) is 24.0 Å². The number of aryl methyl sites for hydroxylation is 1. The third-order valence-electron chi connectivity index (χ3n) is 4.07. The van der Waals surface area contributed by atoms with Crippen LogP contribution in [0.25, 0.3) is 0 Å². The van der Waals surface area contributed by atoms with E-state index in [1.807, 2.05) is 13.0 Å². The normalized spacial score (nSPS) is 20.1. The summed E-state index contributed by atoms with van der Waals surface area (Å²) in [6, 6.07) is 4.43. The molecule has 0 amide bonds. The van der Waals surface area contributed by atoms with Crippen LogP contribution in [0, 0.1) is 18.3 Å². The van der Waals surface area contributed by atoms with Gasteiger partial charge in [-0.05, 0) is 50.2 Å². The summed E-state index contributed by atoms with van der Waals surface area (Å²) < 4.78 is 5.63. The molecule has 1 fully saturated rings. The molecule has 1 saturated carbocycles. The Morgan fingerprint density at radius 3 is 2.44 bits per heavy atom. The van der Waals surface area contributed by atoms with E-state index in [0.29, 0.717) is 11.5 Å². The molecule has 0 bridgehead atoms. The Labute approximate surface area is 98.4 Å². The van der Waals surface area contributed by atoms with E-state index in [-0.39, 0.29) is 0 Å². The van der Waals surface area contributed by atoms with E-state index in [9.17, 15) is 0 Å². The molecular weight excluding hydrogens is 198 g/mol. The van der Waals surface area contributed by atoms with Gasteiger partial charge in [0.25, 0.3) is 0 Å². The molecule has 0 spiro atoms. The maximum absolute atomic E-state index is 5.63. The number of furan rings is 1. The number of rotatable bonds is 5. The standard InChI is InChI=1S/C14H23NO/c1-10(2)14(7-8-14)9-15-12(4)13-6-5-11(3)16-13/h5-6,10,12,15H,7-9H2,1-4H3. The minimum absolute atomic E-state index is 0.324. The summed E-state index contributed by atoms with van der Waals surface area (Å²) in [6.45, 7) is 9.94. The van der Waals surface area contributed by atoms with Gasteiger partial charge in [0.15, 0.2) is 0 Å². The minimum Gasteiger partial charge on any atom is -0.465 e. The summed E-state index contributed by atoms with van der Waals surface area (Å²) >= 11 is 0. The van der Waals surface area contributed by atoms with Crippen LogP contribution in [0.1, 0.15) is 51.2 Å². The Bertz CT molecular complexity index is 349. The Hall–Kier alpha value is -0.760. The fourth-order valence-electron chi connectivity index (χ4n) is 2.26. The molecule has 1 atom stereocenters. The highest BCUT2D eigenvalue weighted by Gasteiger charge is 2.44. The molecular formula is C14H23NO. The average Bonchev–Trinajstić information content (AvgIpc) is 2.92. The fraction of sp³-hybridized carbons (Fsp3) is 0.714. The van der Waals surface area contributed by atoms with Crippen LogP contribution in [0.2, 0.25) is 0 Å². The SMILES string of the molecule is Cc1ccc(C(C)NCC2(C(C)C)CC2)o1. The zero-order valence-corrected chi connectivity index (χ0v) is 10.8. The van der Waals surface area contributed by atoms with Crippen LogP contribution in [0.4, 0.5) is 0 Å². The lowest BCUT2D eigenvalue weighted by molar-refractivity contribution is 0.311. The summed E-state index contributed by atoms with van der Waals surface area (Å²) in [5.41, 5.74) is 0.565. The molecule has 1 N–H and O–H groups in total. The molecule has 2 nitrogen and oxygen atoms in total. The highest BCUT2D eigenvalue weighted by atomic mass is 16.3. The Kier molecular flexibility index (Phi) is 3.11. The molecule has 1 unspecified atom stereocenters. The van der Waals surface area contributed by atoms with Gasteiger partial charge in [-0.2, -0.15) is 0 Å². The van der Waals surface area contributed by atoms with E-state index in [2.05, 4.69) is 32.2 Å². The van der Waals surface area contributed by atoms with Crippen molar-refractivity contribution in [1.29, 1.82) is 0 Å². The monoisotopic (exact) mass is 221 g/mol. The second-order valence-electron chi connectivity index (χ2n) is 5.57. The largest absolute Gasteiger partial charge is 0.465 e. The van der Waals surface area contributed by atoms with Crippen molar-refractivity contribution < 1.29 is 4.42 Å². The molecule has 1 heterocycles. The van der Waals surface area contributed by atoms with Gasteiger partial charge in [-0.3, -0.25) is 0 Å². The average molecular weight is 221 g/mol. The topological polar surface area (TPSA) is 25.2 Å². The van der Waals surface area contributed by atoms with Crippen LogP contribution >= 0.6 is 0 Å². The van der Waals surface area contributed by atoms with Crippen molar-refractivity contribution in [2.75, 3.05) is 6.54 Å². The molecule has 1 aromatic rings. The van der Waals surface area contributed by atoms with Crippen LogP contribution < -0.4 is 5.32 Å². The highest BCUT2D eigenvalue weighted by molar-refractivity contribution is 5.09.